The summed E-state index contributed by atoms with van der Waals surface area (Å²) in [4.78, 5) is 26.2. The predicted molar refractivity (Wildman–Crippen MR) is 114 cm³/mol. The number of carbonyl (C=O) groups excluding carboxylic acids is 2. The van der Waals surface area contributed by atoms with E-state index in [9.17, 15) is 9.59 Å². The third-order valence-electron chi connectivity index (χ3n) is 5.50. The van der Waals surface area contributed by atoms with Crippen LogP contribution in [-0.4, -0.2) is 24.4 Å². The summed E-state index contributed by atoms with van der Waals surface area (Å²) in [6.07, 6.45) is 1.33. The topological polar surface area (TPSA) is 94.0 Å². The van der Waals surface area contributed by atoms with Crippen molar-refractivity contribution in [2.75, 3.05) is 17.2 Å². The Morgan fingerprint density at radius 3 is 2.83 bits per heavy atom. The van der Waals surface area contributed by atoms with Crippen molar-refractivity contribution >= 4 is 33.8 Å². The normalized spacial score (nSPS) is 23.0. The van der Waals surface area contributed by atoms with Gasteiger partial charge in [0.25, 0.3) is 0 Å². The molecule has 0 radical (unpaired) electrons. The molecule has 2 unspecified atom stereocenters. The molecule has 6 nitrogen and oxygen atoms in total. The number of thiophene rings is 1. The van der Waals surface area contributed by atoms with Gasteiger partial charge < -0.3 is 16.0 Å². The van der Waals surface area contributed by atoms with Crippen molar-refractivity contribution in [2.45, 2.75) is 45.1 Å². The summed E-state index contributed by atoms with van der Waals surface area (Å²) in [5.74, 6) is -0.230. The van der Waals surface area contributed by atoms with Crippen molar-refractivity contribution in [1.82, 2.24) is 5.32 Å². The molecule has 29 heavy (non-hydrogen) atoms. The fourth-order valence-electron chi connectivity index (χ4n) is 4.21. The van der Waals surface area contributed by atoms with Crippen LogP contribution in [0.3, 0.4) is 0 Å². The van der Waals surface area contributed by atoms with Crippen LogP contribution in [0.4, 0.5) is 10.7 Å². The first-order valence-corrected chi connectivity index (χ1v) is 10.5. The van der Waals surface area contributed by atoms with Crippen molar-refractivity contribution in [3.05, 3.63) is 46.3 Å². The van der Waals surface area contributed by atoms with Gasteiger partial charge in [-0.3, -0.25) is 9.59 Å². The second-order valence-electron chi connectivity index (χ2n) is 9.06. The molecule has 2 aliphatic rings. The summed E-state index contributed by atoms with van der Waals surface area (Å²) in [6.45, 7) is 7.01. The summed E-state index contributed by atoms with van der Waals surface area (Å²) < 4.78 is 0. The van der Waals surface area contributed by atoms with Crippen molar-refractivity contribution in [1.29, 1.82) is 5.26 Å². The Labute approximate surface area is 174 Å². The van der Waals surface area contributed by atoms with Gasteiger partial charge in [0, 0.05) is 12.2 Å². The maximum absolute atomic E-state index is 12.9. The van der Waals surface area contributed by atoms with Crippen LogP contribution in [0.2, 0.25) is 0 Å². The van der Waals surface area contributed by atoms with Gasteiger partial charge in [-0.2, -0.15) is 5.26 Å². The average molecular weight is 409 g/mol. The molecule has 1 spiro atoms. The Morgan fingerprint density at radius 1 is 1.34 bits per heavy atom. The van der Waals surface area contributed by atoms with Crippen molar-refractivity contribution in [3.63, 3.8) is 0 Å². The van der Waals surface area contributed by atoms with Crippen LogP contribution < -0.4 is 16.0 Å². The van der Waals surface area contributed by atoms with Gasteiger partial charge in [0.2, 0.25) is 11.8 Å². The van der Waals surface area contributed by atoms with Crippen LogP contribution in [0.5, 0.6) is 0 Å². The van der Waals surface area contributed by atoms with Crippen LogP contribution >= 0.6 is 11.3 Å². The SMILES string of the molecule is CC(C)(C)Cc1ccc2c(c1)C1(CNC(C(=O)Nc3ccc(C#N)s3)C1)C(=O)N2. The molecular weight excluding hydrogens is 384 g/mol. The van der Waals surface area contributed by atoms with Gasteiger partial charge in [-0.1, -0.05) is 32.9 Å². The maximum atomic E-state index is 12.9. The maximum Gasteiger partial charge on any atom is 0.242 e. The van der Waals surface area contributed by atoms with Gasteiger partial charge in [0.15, 0.2) is 0 Å². The van der Waals surface area contributed by atoms with E-state index in [1.54, 1.807) is 12.1 Å². The van der Waals surface area contributed by atoms with Gasteiger partial charge in [0.1, 0.15) is 10.9 Å². The number of benzene rings is 1. The van der Waals surface area contributed by atoms with Crippen LogP contribution in [0, 0.1) is 16.7 Å². The van der Waals surface area contributed by atoms with Crippen LogP contribution in [-0.2, 0) is 21.4 Å². The molecule has 0 bridgehead atoms. The molecule has 3 heterocycles. The van der Waals surface area contributed by atoms with Gasteiger partial charge in [-0.05, 0) is 47.6 Å². The molecular formula is C22H24N4O2S. The average Bonchev–Trinajstić information content (AvgIpc) is 3.34. The third-order valence-corrected chi connectivity index (χ3v) is 6.40. The van der Waals surface area contributed by atoms with Crippen molar-refractivity contribution in [2.24, 2.45) is 5.41 Å². The molecule has 2 aliphatic heterocycles. The second-order valence-corrected chi connectivity index (χ2v) is 10.1. The monoisotopic (exact) mass is 408 g/mol. The van der Waals surface area contributed by atoms with E-state index in [0.717, 1.165) is 17.7 Å². The lowest BCUT2D eigenvalue weighted by Crippen LogP contribution is -2.36. The highest BCUT2D eigenvalue weighted by molar-refractivity contribution is 7.16. The lowest BCUT2D eigenvalue weighted by atomic mass is 9.78. The molecule has 0 aliphatic carbocycles. The Morgan fingerprint density at radius 2 is 2.14 bits per heavy atom. The largest absolute Gasteiger partial charge is 0.325 e. The Bertz CT molecular complexity index is 1030. The summed E-state index contributed by atoms with van der Waals surface area (Å²) >= 11 is 1.24. The molecule has 2 atom stereocenters. The van der Waals surface area contributed by atoms with Gasteiger partial charge in [-0.15, -0.1) is 11.3 Å². The number of amides is 2. The summed E-state index contributed by atoms with van der Waals surface area (Å²) in [5, 5.41) is 18.7. The number of nitriles is 1. The molecule has 3 N–H and O–H groups in total. The van der Waals surface area contributed by atoms with E-state index in [1.165, 1.54) is 16.9 Å². The number of nitrogens with zero attached hydrogens (tertiary/aromatic N) is 1. The Balaban J connectivity index is 1.55. The molecule has 4 rings (SSSR count). The molecule has 2 amide bonds. The minimum absolute atomic E-state index is 0.0499. The predicted octanol–water partition coefficient (Wildman–Crippen LogP) is 3.40. The lowest BCUT2D eigenvalue weighted by molar-refractivity contribution is -0.120. The molecule has 150 valence electrons. The van der Waals surface area contributed by atoms with Gasteiger partial charge in [0.05, 0.1) is 16.5 Å². The van der Waals surface area contributed by atoms with E-state index in [1.807, 2.05) is 6.07 Å². The smallest absolute Gasteiger partial charge is 0.242 e. The zero-order valence-corrected chi connectivity index (χ0v) is 17.6. The fraction of sp³-hybridized carbons (Fsp3) is 0.409. The Hall–Kier alpha value is -2.69. The molecule has 1 fully saturated rings. The van der Waals surface area contributed by atoms with Crippen LogP contribution in [0.15, 0.2) is 30.3 Å². The minimum Gasteiger partial charge on any atom is -0.325 e. The van der Waals surface area contributed by atoms with Crippen LogP contribution in [0.25, 0.3) is 0 Å². The number of hydrogen-bond acceptors (Lipinski definition) is 5. The highest BCUT2D eigenvalue weighted by atomic mass is 32.1. The minimum atomic E-state index is -0.724. The van der Waals surface area contributed by atoms with Gasteiger partial charge >= 0.3 is 0 Å². The van der Waals surface area contributed by atoms with E-state index in [0.29, 0.717) is 22.8 Å². The van der Waals surface area contributed by atoms with E-state index in [4.69, 9.17) is 5.26 Å². The number of anilines is 2. The fourth-order valence-corrected chi connectivity index (χ4v) is 4.92. The number of carbonyl (C=O) groups is 2. The zero-order chi connectivity index (χ0) is 20.8. The Kier molecular flexibility index (Phi) is 4.72. The van der Waals surface area contributed by atoms with E-state index in [2.05, 4.69) is 54.9 Å². The molecule has 1 aromatic heterocycles. The second kappa shape index (κ2) is 6.97. The first kappa shape index (κ1) is 19.6. The quantitative estimate of drug-likeness (QED) is 0.726. The zero-order valence-electron chi connectivity index (χ0n) is 16.8. The highest BCUT2D eigenvalue weighted by Crippen LogP contribution is 2.44. The van der Waals surface area contributed by atoms with Crippen LogP contribution in [0.1, 0.15) is 43.2 Å². The molecule has 7 heteroatoms. The summed E-state index contributed by atoms with van der Waals surface area (Å²) in [6, 6.07) is 11.2. The van der Waals surface area contributed by atoms with E-state index < -0.39 is 11.5 Å². The third kappa shape index (κ3) is 3.66. The van der Waals surface area contributed by atoms with Crippen molar-refractivity contribution in [3.8, 4) is 6.07 Å². The van der Waals surface area contributed by atoms with E-state index in [-0.39, 0.29) is 17.2 Å². The number of nitrogens with one attached hydrogen (secondary N) is 3. The van der Waals surface area contributed by atoms with Gasteiger partial charge in [-0.25, -0.2) is 0 Å². The number of rotatable bonds is 3. The standard InChI is InChI=1S/C22H24N4O2S/c1-21(2,3)9-13-4-6-16-15(8-13)22(20(28)25-16)10-17(24-12-22)19(27)26-18-7-5-14(11-23)29-18/h4-8,17,24H,9-10,12H2,1-3H3,(H,25,28)(H,26,27). The summed E-state index contributed by atoms with van der Waals surface area (Å²) in [7, 11) is 0. The highest BCUT2D eigenvalue weighted by Gasteiger charge is 2.53. The number of hydrogen-bond donors (Lipinski definition) is 3. The molecule has 0 saturated carbocycles. The molecule has 1 saturated heterocycles. The first-order valence-electron chi connectivity index (χ1n) is 9.69. The molecule has 2 aromatic rings. The van der Waals surface area contributed by atoms with E-state index >= 15 is 0 Å². The summed E-state index contributed by atoms with van der Waals surface area (Å²) in [5.41, 5.74) is 2.44. The lowest BCUT2D eigenvalue weighted by Gasteiger charge is -2.23. The molecule has 1 aromatic carbocycles. The van der Waals surface area contributed by atoms with Crippen molar-refractivity contribution < 1.29 is 9.59 Å². The number of fused-ring (bicyclic) bond motifs is 2. The first-order chi connectivity index (χ1) is 13.7.